The van der Waals surface area contributed by atoms with Gasteiger partial charge in [-0.25, -0.2) is 4.79 Å². The number of carboxylic acid groups (broad SMARTS) is 1. The summed E-state index contributed by atoms with van der Waals surface area (Å²) in [5.74, 6) is -0.433. The molecule has 0 atom stereocenters. The van der Waals surface area contributed by atoms with E-state index in [2.05, 4.69) is 0 Å². The lowest BCUT2D eigenvalue weighted by Crippen LogP contribution is -1.95. The summed E-state index contributed by atoms with van der Waals surface area (Å²) in [6.45, 7) is 2.19. The van der Waals surface area contributed by atoms with Gasteiger partial charge in [0.05, 0.1) is 0 Å². The Balaban J connectivity index is 1.86. The number of carboxylic acids is 1. The maximum absolute atomic E-state index is 11.1. The standard InChI is InChI=1S/C17H14O4/c1-11-14-8-7-13(9-15(14)21-16(11)17(18)19)20-10-12-5-3-2-4-6-12/h2-9H,10H2,1H3,(H,18,19). The van der Waals surface area contributed by atoms with E-state index in [4.69, 9.17) is 14.3 Å². The summed E-state index contributed by atoms with van der Waals surface area (Å²) in [5, 5.41) is 9.85. The monoisotopic (exact) mass is 282 g/mol. The first-order valence-electron chi connectivity index (χ1n) is 6.58. The number of hydrogen-bond donors (Lipinski definition) is 1. The molecular weight excluding hydrogens is 268 g/mol. The summed E-state index contributed by atoms with van der Waals surface area (Å²) >= 11 is 0. The summed E-state index contributed by atoms with van der Waals surface area (Å²) in [4.78, 5) is 11.1. The Morgan fingerprint density at radius 2 is 1.95 bits per heavy atom. The van der Waals surface area contributed by atoms with Crippen molar-refractivity contribution in [1.82, 2.24) is 0 Å². The molecule has 0 unspecified atom stereocenters. The first-order valence-corrected chi connectivity index (χ1v) is 6.58. The van der Waals surface area contributed by atoms with Crippen molar-refractivity contribution in [3.05, 3.63) is 65.4 Å². The van der Waals surface area contributed by atoms with E-state index in [0.717, 1.165) is 10.9 Å². The predicted molar refractivity (Wildman–Crippen MR) is 78.7 cm³/mol. The van der Waals surface area contributed by atoms with Crippen molar-refractivity contribution in [2.75, 3.05) is 0 Å². The molecule has 0 aliphatic rings. The van der Waals surface area contributed by atoms with Crippen LogP contribution in [-0.4, -0.2) is 11.1 Å². The molecule has 106 valence electrons. The van der Waals surface area contributed by atoms with E-state index < -0.39 is 5.97 Å². The van der Waals surface area contributed by atoms with Crippen LogP contribution in [-0.2, 0) is 6.61 Å². The minimum Gasteiger partial charge on any atom is -0.489 e. The van der Waals surface area contributed by atoms with Crippen LogP contribution in [0.5, 0.6) is 5.75 Å². The van der Waals surface area contributed by atoms with E-state index >= 15 is 0 Å². The SMILES string of the molecule is Cc1c(C(=O)O)oc2cc(OCc3ccccc3)ccc12. The van der Waals surface area contributed by atoms with E-state index in [0.29, 0.717) is 23.5 Å². The Morgan fingerprint density at radius 1 is 1.19 bits per heavy atom. The molecule has 0 saturated carbocycles. The average Bonchev–Trinajstić information content (AvgIpc) is 2.83. The quantitative estimate of drug-likeness (QED) is 0.785. The van der Waals surface area contributed by atoms with E-state index in [1.54, 1.807) is 13.0 Å². The lowest BCUT2D eigenvalue weighted by molar-refractivity contribution is 0.0664. The third-order valence-corrected chi connectivity index (χ3v) is 3.35. The molecule has 0 bridgehead atoms. The molecule has 0 amide bonds. The average molecular weight is 282 g/mol. The van der Waals surface area contributed by atoms with Crippen LogP contribution in [0, 0.1) is 6.92 Å². The molecule has 0 saturated heterocycles. The highest BCUT2D eigenvalue weighted by Gasteiger charge is 2.16. The van der Waals surface area contributed by atoms with Crippen LogP contribution in [0.1, 0.15) is 21.7 Å². The molecule has 0 radical (unpaired) electrons. The van der Waals surface area contributed by atoms with Crippen molar-refractivity contribution >= 4 is 16.9 Å². The molecule has 4 nitrogen and oxygen atoms in total. The smallest absolute Gasteiger partial charge is 0.372 e. The van der Waals surface area contributed by atoms with Crippen molar-refractivity contribution < 1.29 is 19.1 Å². The van der Waals surface area contributed by atoms with Gasteiger partial charge in [-0.1, -0.05) is 30.3 Å². The van der Waals surface area contributed by atoms with Gasteiger partial charge in [0.25, 0.3) is 0 Å². The topological polar surface area (TPSA) is 59.7 Å². The zero-order valence-electron chi connectivity index (χ0n) is 11.5. The summed E-state index contributed by atoms with van der Waals surface area (Å²) in [6.07, 6.45) is 0. The molecule has 0 aliphatic heterocycles. The summed E-state index contributed by atoms with van der Waals surface area (Å²) < 4.78 is 11.1. The normalized spacial score (nSPS) is 10.7. The second-order valence-corrected chi connectivity index (χ2v) is 4.79. The van der Waals surface area contributed by atoms with Crippen LogP contribution in [0.2, 0.25) is 0 Å². The van der Waals surface area contributed by atoms with E-state index in [-0.39, 0.29) is 5.76 Å². The molecule has 21 heavy (non-hydrogen) atoms. The highest BCUT2D eigenvalue weighted by atomic mass is 16.5. The number of carbonyl (C=O) groups is 1. The Morgan fingerprint density at radius 3 is 2.67 bits per heavy atom. The Hall–Kier alpha value is -2.75. The molecule has 1 heterocycles. The third kappa shape index (κ3) is 2.60. The van der Waals surface area contributed by atoms with Gasteiger partial charge >= 0.3 is 5.97 Å². The van der Waals surface area contributed by atoms with Crippen LogP contribution in [0.4, 0.5) is 0 Å². The molecule has 3 aromatic rings. The fourth-order valence-corrected chi connectivity index (χ4v) is 2.24. The minimum atomic E-state index is -1.06. The van der Waals surface area contributed by atoms with Gasteiger partial charge < -0.3 is 14.3 Å². The van der Waals surface area contributed by atoms with Crippen molar-refractivity contribution in [3.63, 3.8) is 0 Å². The highest BCUT2D eigenvalue weighted by molar-refractivity contribution is 5.95. The molecule has 3 rings (SSSR count). The van der Waals surface area contributed by atoms with Gasteiger partial charge in [0, 0.05) is 17.0 Å². The zero-order chi connectivity index (χ0) is 14.8. The zero-order valence-corrected chi connectivity index (χ0v) is 11.5. The van der Waals surface area contributed by atoms with Crippen LogP contribution >= 0.6 is 0 Å². The fourth-order valence-electron chi connectivity index (χ4n) is 2.24. The summed E-state index contributed by atoms with van der Waals surface area (Å²) in [6, 6.07) is 15.2. The second-order valence-electron chi connectivity index (χ2n) is 4.79. The number of hydrogen-bond acceptors (Lipinski definition) is 3. The van der Waals surface area contributed by atoms with E-state index in [1.165, 1.54) is 0 Å². The largest absolute Gasteiger partial charge is 0.489 e. The number of benzene rings is 2. The number of ether oxygens (including phenoxy) is 1. The Bertz CT molecular complexity index is 787. The van der Waals surface area contributed by atoms with Crippen molar-refractivity contribution in [2.45, 2.75) is 13.5 Å². The first kappa shape index (κ1) is 13.2. The molecule has 0 aliphatic carbocycles. The van der Waals surface area contributed by atoms with Gasteiger partial charge in [0.15, 0.2) is 0 Å². The van der Waals surface area contributed by atoms with Gasteiger partial charge in [0.2, 0.25) is 5.76 Å². The molecule has 2 aromatic carbocycles. The minimum absolute atomic E-state index is 0.0230. The summed E-state index contributed by atoms with van der Waals surface area (Å²) in [5.41, 5.74) is 2.22. The second kappa shape index (κ2) is 5.32. The van der Waals surface area contributed by atoms with Crippen LogP contribution in [0.3, 0.4) is 0 Å². The fraction of sp³-hybridized carbons (Fsp3) is 0.118. The number of fused-ring (bicyclic) bond motifs is 1. The van der Waals surface area contributed by atoms with Crippen LogP contribution in [0.15, 0.2) is 52.9 Å². The van der Waals surface area contributed by atoms with Crippen molar-refractivity contribution in [1.29, 1.82) is 0 Å². The van der Waals surface area contributed by atoms with E-state index in [9.17, 15) is 4.79 Å². The number of furan rings is 1. The first-order chi connectivity index (χ1) is 10.1. The number of aromatic carboxylic acids is 1. The van der Waals surface area contributed by atoms with Crippen LogP contribution < -0.4 is 4.74 Å². The molecule has 0 fully saturated rings. The van der Waals surface area contributed by atoms with Gasteiger partial charge in [0.1, 0.15) is 17.9 Å². The maximum atomic E-state index is 11.1. The lowest BCUT2D eigenvalue weighted by atomic mass is 10.1. The van der Waals surface area contributed by atoms with Gasteiger partial charge in [-0.3, -0.25) is 0 Å². The molecule has 4 heteroatoms. The predicted octanol–water partition coefficient (Wildman–Crippen LogP) is 4.02. The summed E-state index contributed by atoms with van der Waals surface area (Å²) in [7, 11) is 0. The third-order valence-electron chi connectivity index (χ3n) is 3.35. The van der Waals surface area contributed by atoms with Crippen LogP contribution in [0.25, 0.3) is 11.0 Å². The van der Waals surface area contributed by atoms with Crippen molar-refractivity contribution in [3.8, 4) is 5.75 Å². The number of rotatable bonds is 4. The van der Waals surface area contributed by atoms with Gasteiger partial charge in [-0.15, -0.1) is 0 Å². The lowest BCUT2D eigenvalue weighted by Gasteiger charge is -2.05. The van der Waals surface area contributed by atoms with Gasteiger partial charge in [-0.2, -0.15) is 0 Å². The Kier molecular flexibility index (Phi) is 3.36. The van der Waals surface area contributed by atoms with Gasteiger partial charge in [-0.05, 0) is 24.6 Å². The van der Waals surface area contributed by atoms with E-state index in [1.807, 2.05) is 42.5 Å². The molecule has 1 aromatic heterocycles. The number of aryl methyl sites for hydroxylation is 1. The molecule has 0 spiro atoms. The Labute approximate surface area is 121 Å². The van der Waals surface area contributed by atoms with Crippen molar-refractivity contribution in [2.24, 2.45) is 0 Å². The molecule has 1 N–H and O–H groups in total. The highest BCUT2D eigenvalue weighted by Crippen LogP contribution is 2.29. The maximum Gasteiger partial charge on any atom is 0.372 e. The molecular formula is C17H14O4.